The van der Waals surface area contributed by atoms with E-state index in [2.05, 4.69) is 46.4 Å². The van der Waals surface area contributed by atoms with Crippen LogP contribution in [0.5, 0.6) is 0 Å². The molecule has 310 valence electrons. The van der Waals surface area contributed by atoms with Gasteiger partial charge in [-0.25, -0.2) is 0 Å². The molecule has 5 saturated heterocycles. The van der Waals surface area contributed by atoms with Crippen molar-refractivity contribution in [3.8, 4) is 0 Å². The normalized spacial score (nSPS) is 40.2. The van der Waals surface area contributed by atoms with Gasteiger partial charge in [0.15, 0.2) is 5.78 Å². The number of ether oxygens (including phenoxy) is 5. The van der Waals surface area contributed by atoms with Crippen LogP contribution in [0.1, 0.15) is 123 Å². The Bertz CT molecular complexity index is 1840. The zero-order chi connectivity index (χ0) is 40.5. The molecule has 57 heavy (non-hydrogen) atoms. The van der Waals surface area contributed by atoms with Gasteiger partial charge in [-0.15, -0.1) is 0 Å². The van der Waals surface area contributed by atoms with Crippen LogP contribution < -0.4 is 0 Å². The molecule has 2 aromatic carbocycles. The van der Waals surface area contributed by atoms with Gasteiger partial charge in [-0.2, -0.15) is 0 Å². The summed E-state index contributed by atoms with van der Waals surface area (Å²) in [6.07, 6.45) is 15.1. The van der Waals surface area contributed by atoms with Gasteiger partial charge in [0.25, 0.3) is 0 Å². The first-order valence-corrected chi connectivity index (χ1v) is 21.6. The Kier molecular flexibility index (Phi) is 12.8. The Hall–Kier alpha value is -2.95. The summed E-state index contributed by atoms with van der Waals surface area (Å²) in [5, 5.41) is 25.3. The fourth-order valence-electron chi connectivity index (χ4n) is 10.2. The number of fused-ring (bicyclic) bond motifs is 5. The molecule has 7 rings (SSSR count). The van der Waals surface area contributed by atoms with Gasteiger partial charge >= 0.3 is 0 Å². The lowest BCUT2D eigenvalue weighted by Crippen LogP contribution is -2.59. The van der Waals surface area contributed by atoms with Gasteiger partial charge in [-0.05, 0) is 121 Å². The molecule has 0 aromatic heterocycles. The molecule has 0 amide bonds. The molecule has 2 N–H and O–H groups in total. The zero-order valence-electron chi connectivity index (χ0n) is 35.0. The van der Waals surface area contributed by atoms with Crippen molar-refractivity contribution in [2.45, 2.75) is 184 Å². The molecule has 0 aliphatic carbocycles. The van der Waals surface area contributed by atoms with Crippen LogP contribution in [0, 0.1) is 5.92 Å². The van der Waals surface area contributed by atoms with E-state index >= 15 is 0 Å². The highest BCUT2D eigenvalue weighted by Gasteiger charge is 2.58. The number of rotatable bonds is 10. The van der Waals surface area contributed by atoms with Crippen molar-refractivity contribution in [2.24, 2.45) is 5.92 Å². The standard InChI is InChI=1S/C49H66O8/c1-8-9-10-11-22-43-47(5,52)25-23-40-41(53-43)24-26-48(6)45(54-40)29-42-46(57-48)38(51)30-49(7)44(55-42)28-33(4)39(56-49)21-14-16-31(2)32(3)27-37(50)36-20-15-18-34-17-12-13-19-35(34)36/h8-10,12-13,15-20,27,33,38-46,51-52H,1,11,14,21-26,28-30H2,2-7H3. The number of hydrogen-bond acceptors (Lipinski definition) is 8. The Morgan fingerprint density at radius 3 is 2.39 bits per heavy atom. The summed E-state index contributed by atoms with van der Waals surface area (Å²) in [6.45, 7) is 16.2. The summed E-state index contributed by atoms with van der Waals surface area (Å²) in [5.41, 5.74) is 0.560. The molecule has 0 bridgehead atoms. The fraction of sp³-hybridized carbons (Fsp3) is 0.612. The van der Waals surface area contributed by atoms with Gasteiger partial charge in [-0.3, -0.25) is 4.79 Å². The first-order valence-electron chi connectivity index (χ1n) is 21.6. The topological polar surface area (TPSA) is 104 Å². The number of aliphatic hydroxyl groups is 2. The van der Waals surface area contributed by atoms with E-state index in [1.165, 1.54) is 0 Å². The van der Waals surface area contributed by atoms with Gasteiger partial charge in [-0.1, -0.05) is 85.8 Å². The Morgan fingerprint density at radius 2 is 1.58 bits per heavy atom. The van der Waals surface area contributed by atoms with E-state index in [1.54, 1.807) is 12.2 Å². The van der Waals surface area contributed by atoms with Crippen LogP contribution in [-0.2, 0) is 23.7 Å². The number of ketones is 1. The maximum absolute atomic E-state index is 13.3. The second kappa shape index (κ2) is 17.3. The maximum atomic E-state index is 13.3. The van der Waals surface area contributed by atoms with Crippen molar-refractivity contribution >= 4 is 16.6 Å². The zero-order valence-corrected chi connectivity index (χ0v) is 35.0. The van der Waals surface area contributed by atoms with Crippen molar-refractivity contribution in [1.82, 2.24) is 0 Å². The molecule has 13 unspecified atom stereocenters. The van der Waals surface area contributed by atoms with Gasteiger partial charge < -0.3 is 33.9 Å². The van der Waals surface area contributed by atoms with Crippen LogP contribution in [0.15, 0.2) is 90.6 Å². The number of benzene rings is 2. The smallest absolute Gasteiger partial charge is 0.186 e. The quantitative estimate of drug-likeness (QED) is 0.140. The summed E-state index contributed by atoms with van der Waals surface area (Å²) in [5.74, 6) is 0.275. The highest BCUT2D eigenvalue weighted by atomic mass is 16.6. The van der Waals surface area contributed by atoms with Crippen LogP contribution >= 0.6 is 0 Å². The summed E-state index contributed by atoms with van der Waals surface area (Å²) < 4.78 is 34.5. The summed E-state index contributed by atoms with van der Waals surface area (Å²) in [4.78, 5) is 13.3. The van der Waals surface area contributed by atoms with E-state index in [4.69, 9.17) is 23.7 Å². The molecule has 0 spiro atoms. The fourth-order valence-corrected chi connectivity index (χ4v) is 10.2. The SMILES string of the molecule is C=CC=CCCC1OC2CCC3(C)OC4C(O)CC5(C)OC(CCC=C(C)C(C)=CC(=O)c6cccc7ccccc67)C(C)CC5OC4CC3OC2CCC1(C)O. The molecular formula is C49H66O8. The number of carbonyl (C=O) groups is 1. The van der Waals surface area contributed by atoms with Gasteiger partial charge in [0, 0.05) is 18.4 Å². The molecule has 5 aliphatic rings. The monoisotopic (exact) mass is 782 g/mol. The first kappa shape index (κ1) is 42.2. The number of allylic oxidation sites excluding steroid dienone is 7. The minimum Gasteiger partial charge on any atom is -0.390 e. The highest BCUT2D eigenvalue weighted by Crippen LogP contribution is 2.49. The molecule has 8 nitrogen and oxygen atoms in total. The molecule has 0 saturated carbocycles. The van der Waals surface area contributed by atoms with Crippen molar-refractivity contribution < 1.29 is 38.7 Å². The van der Waals surface area contributed by atoms with E-state index in [9.17, 15) is 15.0 Å². The van der Waals surface area contributed by atoms with Crippen molar-refractivity contribution in [3.63, 3.8) is 0 Å². The van der Waals surface area contributed by atoms with E-state index in [0.717, 1.165) is 72.4 Å². The average molecular weight is 783 g/mol. The second-order valence-electron chi connectivity index (χ2n) is 18.4. The van der Waals surface area contributed by atoms with Crippen molar-refractivity contribution in [1.29, 1.82) is 0 Å². The van der Waals surface area contributed by atoms with Crippen LogP contribution in [0.4, 0.5) is 0 Å². The van der Waals surface area contributed by atoms with Crippen LogP contribution in [0.2, 0.25) is 0 Å². The summed E-state index contributed by atoms with van der Waals surface area (Å²) >= 11 is 0. The third-order valence-corrected chi connectivity index (χ3v) is 14.0. The number of aliphatic hydroxyl groups excluding tert-OH is 1. The summed E-state index contributed by atoms with van der Waals surface area (Å²) in [7, 11) is 0. The van der Waals surface area contributed by atoms with Crippen LogP contribution in [-0.4, -0.2) is 87.7 Å². The maximum Gasteiger partial charge on any atom is 0.186 e. The Labute approximate surface area is 340 Å². The van der Waals surface area contributed by atoms with E-state index in [0.29, 0.717) is 25.7 Å². The lowest BCUT2D eigenvalue weighted by Gasteiger charge is -2.49. The molecule has 5 aliphatic heterocycles. The van der Waals surface area contributed by atoms with Crippen molar-refractivity contribution in [2.75, 3.05) is 0 Å². The average Bonchev–Trinajstić information content (AvgIpc) is 3.44. The third kappa shape index (κ3) is 9.13. The van der Waals surface area contributed by atoms with Gasteiger partial charge in [0.05, 0.1) is 65.6 Å². The molecule has 5 fully saturated rings. The Balaban J connectivity index is 0.980. The molecular weight excluding hydrogens is 717 g/mol. The lowest BCUT2D eigenvalue weighted by atomic mass is 9.79. The largest absolute Gasteiger partial charge is 0.390 e. The summed E-state index contributed by atoms with van der Waals surface area (Å²) in [6, 6.07) is 13.9. The van der Waals surface area contributed by atoms with Gasteiger partial charge in [0.2, 0.25) is 0 Å². The third-order valence-electron chi connectivity index (χ3n) is 14.0. The second-order valence-corrected chi connectivity index (χ2v) is 18.4. The van der Waals surface area contributed by atoms with E-state index < -0.39 is 29.0 Å². The van der Waals surface area contributed by atoms with Crippen molar-refractivity contribution in [3.05, 3.63) is 96.1 Å². The highest BCUT2D eigenvalue weighted by molar-refractivity contribution is 6.13. The predicted octanol–water partition coefficient (Wildman–Crippen LogP) is 9.31. The molecule has 0 radical (unpaired) electrons. The van der Waals surface area contributed by atoms with E-state index in [-0.39, 0.29) is 54.4 Å². The van der Waals surface area contributed by atoms with E-state index in [1.807, 2.05) is 62.4 Å². The van der Waals surface area contributed by atoms with Gasteiger partial charge in [0.1, 0.15) is 6.10 Å². The van der Waals surface area contributed by atoms with Crippen LogP contribution in [0.3, 0.4) is 0 Å². The van der Waals surface area contributed by atoms with Crippen LogP contribution in [0.25, 0.3) is 10.8 Å². The molecule has 5 heterocycles. The molecule has 2 aromatic rings. The Morgan fingerprint density at radius 1 is 0.860 bits per heavy atom. The minimum absolute atomic E-state index is 0.00639. The molecule has 13 atom stereocenters. The molecule has 8 heteroatoms. The lowest BCUT2D eigenvalue weighted by molar-refractivity contribution is -0.273. The minimum atomic E-state index is -0.937. The number of carbonyl (C=O) groups excluding carboxylic acids is 1. The predicted molar refractivity (Wildman–Crippen MR) is 224 cm³/mol. The first-order chi connectivity index (χ1) is 27.2. The number of hydrogen-bond donors (Lipinski definition) is 2.